The lowest BCUT2D eigenvalue weighted by molar-refractivity contribution is 0.477. The topological polar surface area (TPSA) is 62.5 Å². The van der Waals surface area contributed by atoms with Crippen LogP contribution in [0.15, 0.2) is 97.3 Å². The highest BCUT2D eigenvalue weighted by atomic mass is 16.3. The fourth-order valence-corrected chi connectivity index (χ4v) is 3.38. The number of nitrogens with zero attached hydrogens (tertiary/aromatic N) is 3. The Kier molecular flexibility index (Phi) is 4.18. The van der Waals surface area contributed by atoms with E-state index in [-0.39, 0.29) is 5.75 Å². The summed E-state index contributed by atoms with van der Waals surface area (Å²) < 4.78 is 1.76. The molecule has 2 aromatic heterocycles. The molecule has 0 fully saturated rings. The second kappa shape index (κ2) is 7.13. The Labute approximate surface area is 167 Å². The third-order valence-corrected chi connectivity index (χ3v) is 4.80. The third kappa shape index (κ3) is 3.30. The number of phenolic OH excluding ortho intramolecular Hbond substituents is 1. The van der Waals surface area contributed by atoms with Crippen LogP contribution in [0.2, 0.25) is 0 Å². The van der Waals surface area contributed by atoms with E-state index in [1.54, 1.807) is 10.6 Å². The summed E-state index contributed by atoms with van der Waals surface area (Å²) >= 11 is 0. The summed E-state index contributed by atoms with van der Waals surface area (Å²) in [4.78, 5) is 4.77. The van der Waals surface area contributed by atoms with Crippen LogP contribution in [0.25, 0.3) is 27.9 Å². The van der Waals surface area contributed by atoms with E-state index in [1.807, 2.05) is 91.3 Å². The minimum atomic E-state index is 0.261. The average molecular weight is 378 g/mol. The van der Waals surface area contributed by atoms with E-state index in [9.17, 15) is 5.11 Å². The number of hydrogen-bond acceptors (Lipinski definition) is 4. The van der Waals surface area contributed by atoms with Crippen molar-refractivity contribution in [3.05, 3.63) is 97.3 Å². The Balaban J connectivity index is 1.56. The molecule has 0 aliphatic carbocycles. The number of hydrogen-bond donors (Lipinski definition) is 2. The van der Waals surface area contributed by atoms with Gasteiger partial charge < -0.3 is 10.4 Å². The van der Waals surface area contributed by atoms with Gasteiger partial charge in [0.25, 0.3) is 0 Å². The van der Waals surface area contributed by atoms with E-state index < -0.39 is 0 Å². The summed E-state index contributed by atoms with van der Waals surface area (Å²) in [5.41, 5.74) is 5.40. The Morgan fingerprint density at radius 2 is 1.52 bits per heavy atom. The van der Waals surface area contributed by atoms with Crippen molar-refractivity contribution in [2.45, 2.75) is 0 Å². The second-order valence-corrected chi connectivity index (χ2v) is 6.73. The minimum Gasteiger partial charge on any atom is -0.507 e. The largest absolute Gasteiger partial charge is 0.507 e. The Morgan fingerprint density at radius 1 is 0.759 bits per heavy atom. The lowest BCUT2D eigenvalue weighted by atomic mass is 10.00. The van der Waals surface area contributed by atoms with Crippen LogP contribution in [-0.4, -0.2) is 19.7 Å². The summed E-state index contributed by atoms with van der Waals surface area (Å²) in [7, 11) is 0. The van der Waals surface area contributed by atoms with Gasteiger partial charge in [0.2, 0.25) is 0 Å². The first-order valence-electron chi connectivity index (χ1n) is 9.33. The molecule has 0 radical (unpaired) electrons. The summed E-state index contributed by atoms with van der Waals surface area (Å²) in [6, 6.07) is 27.2. The standard InChI is InChI=1S/C24H18N4O/c29-22-12-5-4-11-20(22)17-7-6-8-18(15-17)21-16-25-28-14-13-23(27-24(21)28)26-19-9-2-1-3-10-19/h1-16,29H,(H,26,27). The molecule has 140 valence electrons. The molecular weight excluding hydrogens is 360 g/mol. The molecule has 5 heteroatoms. The van der Waals surface area contributed by atoms with E-state index >= 15 is 0 Å². The molecule has 0 aliphatic heterocycles. The van der Waals surface area contributed by atoms with Gasteiger partial charge in [0.05, 0.1) is 6.20 Å². The number of aromatic hydroxyl groups is 1. The van der Waals surface area contributed by atoms with Crippen LogP contribution < -0.4 is 5.32 Å². The van der Waals surface area contributed by atoms with Gasteiger partial charge in [-0.1, -0.05) is 54.6 Å². The van der Waals surface area contributed by atoms with Crippen LogP contribution >= 0.6 is 0 Å². The molecule has 2 N–H and O–H groups in total. The normalized spacial score (nSPS) is 10.9. The van der Waals surface area contributed by atoms with Crippen LogP contribution in [0, 0.1) is 0 Å². The Bertz CT molecular complexity index is 1290. The van der Waals surface area contributed by atoms with Crippen molar-refractivity contribution in [1.29, 1.82) is 0 Å². The van der Waals surface area contributed by atoms with Gasteiger partial charge in [-0.15, -0.1) is 0 Å². The molecule has 5 nitrogen and oxygen atoms in total. The number of para-hydroxylation sites is 2. The fraction of sp³-hybridized carbons (Fsp3) is 0. The SMILES string of the molecule is Oc1ccccc1-c1cccc(-c2cnn3ccc(Nc4ccccc4)nc23)c1. The fourth-order valence-electron chi connectivity index (χ4n) is 3.38. The summed E-state index contributed by atoms with van der Waals surface area (Å²) in [5.74, 6) is 1.01. The molecule has 0 amide bonds. The lowest BCUT2D eigenvalue weighted by Crippen LogP contribution is -1.97. The van der Waals surface area contributed by atoms with Crippen LogP contribution in [-0.2, 0) is 0 Å². The molecule has 0 saturated heterocycles. The first kappa shape index (κ1) is 17.0. The van der Waals surface area contributed by atoms with Gasteiger partial charge in [-0.2, -0.15) is 5.10 Å². The molecule has 3 aromatic carbocycles. The van der Waals surface area contributed by atoms with Crippen molar-refractivity contribution in [3.63, 3.8) is 0 Å². The van der Waals surface area contributed by atoms with Gasteiger partial charge in [0, 0.05) is 23.0 Å². The van der Waals surface area contributed by atoms with Crippen LogP contribution in [0.5, 0.6) is 5.75 Å². The van der Waals surface area contributed by atoms with E-state index in [4.69, 9.17) is 4.98 Å². The minimum absolute atomic E-state index is 0.261. The number of benzene rings is 3. The van der Waals surface area contributed by atoms with E-state index in [0.717, 1.165) is 39.4 Å². The molecule has 0 bridgehead atoms. The van der Waals surface area contributed by atoms with Gasteiger partial charge in [0.1, 0.15) is 11.6 Å². The molecule has 0 aliphatic rings. The van der Waals surface area contributed by atoms with E-state index in [2.05, 4.69) is 10.4 Å². The van der Waals surface area contributed by atoms with Crippen molar-refractivity contribution in [1.82, 2.24) is 14.6 Å². The monoisotopic (exact) mass is 378 g/mol. The number of nitrogens with one attached hydrogen (secondary N) is 1. The first-order valence-corrected chi connectivity index (χ1v) is 9.33. The Morgan fingerprint density at radius 3 is 2.34 bits per heavy atom. The maximum Gasteiger partial charge on any atom is 0.165 e. The predicted octanol–water partition coefficient (Wildman–Crippen LogP) is 5.51. The van der Waals surface area contributed by atoms with Crippen molar-refractivity contribution in [2.24, 2.45) is 0 Å². The molecule has 0 atom stereocenters. The number of anilines is 2. The van der Waals surface area contributed by atoms with Crippen molar-refractivity contribution >= 4 is 17.2 Å². The molecular formula is C24H18N4O. The zero-order valence-corrected chi connectivity index (χ0v) is 15.5. The summed E-state index contributed by atoms with van der Waals surface area (Å²) in [5, 5.41) is 18.0. The Hall–Kier alpha value is -4.12. The molecule has 0 spiro atoms. The highest BCUT2D eigenvalue weighted by molar-refractivity contribution is 5.82. The van der Waals surface area contributed by atoms with Gasteiger partial charge in [-0.3, -0.25) is 0 Å². The van der Waals surface area contributed by atoms with Gasteiger partial charge >= 0.3 is 0 Å². The molecule has 0 saturated carbocycles. The highest BCUT2D eigenvalue weighted by Gasteiger charge is 2.11. The maximum atomic E-state index is 10.2. The lowest BCUT2D eigenvalue weighted by Gasteiger charge is -2.08. The molecule has 5 rings (SSSR count). The number of rotatable bonds is 4. The highest BCUT2D eigenvalue weighted by Crippen LogP contribution is 2.33. The summed E-state index contributed by atoms with van der Waals surface area (Å²) in [6.45, 7) is 0. The van der Waals surface area contributed by atoms with Gasteiger partial charge in [0.15, 0.2) is 5.65 Å². The quantitative estimate of drug-likeness (QED) is 0.433. The third-order valence-electron chi connectivity index (χ3n) is 4.80. The molecule has 29 heavy (non-hydrogen) atoms. The zero-order valence-electron chi connectivity index (χ0n) is 15.5. The number of fused-ring (bicyclic) bond motifs is 1. The van der Waals surface area contributed by atoms with Crippen LogP contribution in [0.4, 0.5) is 11.5 Å². The first-order chi connectivity index (χ1) is 14.3. The van der Waals surface area contributed by atoms with Gasteiger partial charge in [-0.05, 0) is 41.5 Å². The van der Waals surface area contributed by atoms with Crippen LogP contribution in [0.3, 0.4) is 0 Å². The number of aromatic nitrogens is 3. The van der Waals surface area contributed by atoms with Crippen molar-refractivity contribution < 1.29 is 5.11 Å². The van der Waals surface area contributed by atoms with E-state index in [0.29, 0.717) is 0 Å². The summed E-state index contributed by atoms with van der Waals surface area (Å²) in [6.07, 6.45) is 3.71. The zero-order chi connectivity index (χ0) is 19.6. The van der Waals surface area contributed by atoms with E-state index in [1.165, 1.54) is 0 Å². The average Bonchev–Trinajstić information content (AvgIpc) is 3.18. The second-order valence-electron chi connectivity index (χ2n) is 6.73. The number of phenols is 1. The smallest absolute Gasteiger partial charge is 0.165 e. The van der Waals surface area contributed by atoms with Crippen molar-refractivity contribution in [2.75, 3.05) is 5.32 Å². The molecule has 5 aromatic rings. The maximum absolute atomic E-state index is 10.2. The molecule has 2 heterocycles. The van der Waals surface area contributed by atoms with Crippen molar-refractivity contribution in [3.8, 4) is 28.0 Å². The van der Waals surface area contributed by atoms with Gasteiger partial charge in [-0.25, -0.2) is 9.50 Å². The molecule has 0 unspecified atom stereocenters. The predicted molar refractivity (Wildman–Crippen MR) is 115 cm³/mol. The van der Waals surface area contributed by atoms with Crippen LogP contribution in [0.1, 0.15) is 0 Å².